The molecule has 9 heteroatoms. The predicted octanol–water partition coefficient (Wildman–Crippen LogP) is 5.26. The molecule has 0 saturated carbocycles. The first-order chi connectivity index (χ1) is 20.9. The first kappa shape index (κ1) is 42.8. The number of carbonyl (C=O) groups excluding carboxylic acids is 3. The summed E-state index contributed by atoms with van der Waals surface area (Å²) >= 11 is 0. The fourth-order valence-electron chi connectivity index (χ4n) is 5.59. The van der Waals surface area contributed by atoms with E-state index in [1.807, 2.05) is 0 Å². The number of Topliss-reactive ketones (excluding diaryl/α,β-unsaturated/α-hetero) is 3. The van der Waals surface area contributed by atoms with Gasteiger partial charge < -0.3 is 30.6 Å². The van der Waals surface area contributed by atoms with Gasteiger partial charge in [0.05, 0.1) is 36.6 Å². The van der Waals surface area contributed by atoms with Gasteiger partial charge in [0.15, 0.2) is 0 Å². The van der Waals surface area contributed by atoms with Gasteiger partial charge in [0.25, 0.3) is 0 Å². The predicted molar refractivity (Wildman–Crippen MR) is 173 cm³/mol. The van der Waals surface area contributed by atoms with Crippen molar-refractivity contribution in [1.29, 1.82) is 0 Å². The van der Waals surface area contributed by atoms with E-state index in [1.54, 1.807) is 6.92 Å². The Hall–Kier alpha value is -1.23. The number of aliphatic hydroxyl groups is 6. The third-order valence-electron chi connectivity index (χ3n) is 8.17. The lowest BCUT2D eigenvalue weighted by molar-refractivity contribution is -0.122. The second kappa shape index (κ2) is 28.0. The molecule has 6 atom stereocenters. The quantitative estimate of drug-likeness (QED) is 0.0542. The van der Waals surface area contributed by atoms with Gasteiger partial charge >= 0.3 is 0 Å². The minimum Gasteiger partial charge on any atom is -0.393 e. The van der Waals surface area contributed by atoms with Crippen molar-refractivity contribution >= 4 is 17.3 Å². The molecule has 0 aromatic rings. The number of unbranched alkanes of at least 4 members (excludes halogenated alkanes) is 8. The van der Waals surface area contributed by atoms with Crippen molar-refractivity contribution in [2.24, 2.45) is 0 Å². The molecule has 0 spiro atoms. The molecule has 0 fully saturated rings. The van der Waals surface area contributed by atoms with Crippen LogP contribution in [0, 0.1) is 0 Å². The Morgan fingerprint density at radius 2 is 0.773 bits per heavy atom. The molecule has 0 radical (unpaired) electrons. The Morgan fingerprint density at radius 3 is 1.11 bits per heavy atom. The summed E-state index contributed by atoms with van der Waals surface area (Å²) < 4.78 is 0. The highest BCUT2D eigenvalue weighted by Crippen LogP contribution is 2.16. The highest BCUT2D eigenvalue weighted by Gasteiger charge is 2.15. The zero-order valence-electron chi connectivity index (χ0n) is 27.8. The first-order valence-corrected chi connectivity index (χ1v) is 17.6. The number of hydrogen-bond donors (Lipinski definition) is 6. The molecule has 0 aliphatic rings. The van der Waals surface area contributed by atoms with Gasteiger partial charge in [-0.3, -0.25) is 14.4 Å². The topological polar surface area (TPSA) is 173 Å². The van der Waals surface area contributed by atoms with Crippen LogP contribution in [0.2, 0.25) is 0 Å². The summed E-state index contributed by atoms with van der Waals surface area (Å²) in [6.07, 6.45) is 10.6. The molecular formula is C35H66O9. The fraction of sp³-hybridized carbons (Fsp3) is 0.914. The molecule has 6 unspecified atom stereocenters. The number of rotatable bonds is 32. The SMILES string of the molecule is CCCCCC(O)CC(=O)CCCCCC(O)CC(=O)CCCCCC(O)CC(=O)CCCCCC(O)CC(O)CC(C)O. The number of ketones is 3. The van der Waals surface area contributed by atoms with Crippen molar-refractivity contribution in [2.45, 2.75) is 205 Å². The molecule has 0 heterocycles. The molecule has 0 bridgehead atoms. The second-order valence-electron chi connectivity index (χ2n) is 13.1. The van der Waals surface area contributed by atoms with Gasteiger partial charge in [-0.15, -0.1) is 0 Å². The maximum absolute atomic E-state index is 12.2. The smallest absolute Gasteiger partial charge is 0.135 e. The number of carbonyl (C=O) groups is 3. The van der Waals surface area contributed by atoms with Crippen LogP contribution in [-0.2, 0) is 14.4 Å². The Labute approximate surface area is 266 Å². The Kier molecular flexibility index (Phi) is 27.2. The molecule has 0 rings (SSSR count). The Morgan fingerprint density at radius 1 is 0.432 bits per heavy atom. The fourth-order valence-corrected chi connectivity index (χ4v) is 5.59. The monoisotopic (exact) mass is 630 g/mol. The minimum absolute atomic E-state index is 0.0257. The van der Waals surface area contributed by atoms with Crippen molar-refractivity contribution in [2.75, 3.05) is 0 Å². The van der Waals surface area contributed by atoms with Crippen molar-refractivity contribution in [1.82, 2.24) is 0 Å². The zero-order chi connectivity index (χ0) is 33.2. The molecule has 0 aromatic carbocycles. The van der Waals surface area contributed by atoms with Gasteiger partial charge in [-0.2, -0.15) is 0 Å². The van der Waals surface area contributed by atoms with Crippen LogP contribution in [0.1, 0.15) is 168 Å². The van der Waals surface area contributed by atoms with Crippen LogP contribution in [0.25, 0.3) is 0 Å². The Bertz CT molecular complexity index is 727. The lowest BCUT2D eigenvalue weighted by atomic mass is 9.98. The van der Waals surface area contributed by atoms with E-state index in [-0.39, 0.29) is 49.5 Å². The third-order valence-corrected chi connectivity index (χ3v) is 8.17. The summed E-state index contributed by atoms with van der Waals surface area (Å²) in [6.45, 7) is 3.71. The molecule has 6 N–H and O–H groups in total. The highest BCUT2D eigenvalue weighted by atomic mass is 16.3. The van der Waals surface area contributed by atoms with E-state index in [2.05, 4.69) is 6.92 Å². The van der Waals surface area contributed by atoms with Crippen molar-refractivity contribution in [3.8, 4) is 0 Å². The van der Waals surface area contributed by atoms with Crippen LogP contribution in [-0.4, -0.2) is 84.6 Å². The molecule has 0 saturated heterocycles. The summed E-state index contributed by atoms with van der Waals surface area (Å²) in [5, 5.41) is 59.2. The van der Waals surface area contributed by atoms with Gasteiger partial charge in [-0.25, -0.2) is 0 Å². The molecule has 0 aliphatic carbocycles. The van der Waals surface area contributed by atoms with Crippen LogP contribution >= 0.6 is 0 Å². The lowest BCUT2D eigenvalue weighted by Crippen LogP contribution is -2.21. The van der Waals surface area contributed by atoms with E-state index >= 15 is 0 Å². The maximum atomic E-state index is 12.2. The summed E-state index contributed by atoms with van der Waals surface area (Å²) in [5.74, 6) is 0.148. The molecule has 0 aliphatic heterocycles. The molecule has 0 amide bonds. The van der Waals surface area contributed by atoms with Gasteiger partial charge in [-0.05, 0) is 64.7 Å². The summed E-state index contributed by atoms with van der Waals surface area (Å²) in [6, 6.07) is 0. The van der Waals surface area contributed by atoms with Crippen LogP contribution < -0.4 is 0 Å². The molecular weight excluding hydrogens is 564 g/mol. The third kappa shape index (κ3) is 28.3. The van der Waals surface area contributed by atoms with Crippen molar-refractivity contribution in [3.63, 3.8) is 0 Å². The summed E-state index contributed by atoms with van der Waals surface area (Å²) in [5.41, 5.74) is 0. The number of aliphatic hydroxyl groups excluding tert-OH is 6. The average molecular weight is 631 g/mol. The first-order valence-electron chi connectivity index (χ1n) is 17.6. The zero-order valence-corrected chi connectivity index (χ0v) is 27.8. The maximum Gasteiger partial charge on any atom is 0.135 e. The average Bonchev–Trinajstić information content (AvgIpc) is 2.91. The lowest BCUT2D eigenvalue weighted by Gasteiger charge is -2.16. The van der Waals surface area contributed by atoms with Gasteiger partial charge in [0.2, 0.25) is 0 Å². The molecule has 44 heavy (non-hydrogen) atoms. The van der Waals surface area contributed by atoms with Crippen molar-refractivity contribution in [3.05, 3.63) is 0 Å². The highest BCUT2D eigenvalue weighted by molar-refractivity contribution is 5.79. The normalized spacial score (nSPS) is 15.8. The van der Waals surface area contributed by atoms with Crippen molar-refractivity contribution < 1.29 is 45.0 Å². The van der Waals surface area contributed by atoms with E-state index in [1.165, 1.54) is 0 Å². The summed E-state index contributed by atoms with van der Waals surface area (Å²) in [4.78, 5) is 36.3. The number of hydrogen-bond acceptors (Lipinski definition) is 9. The minimum atomic E-state index is -0.718. The van der Waals surface area contributed by atoms with E-state index in [0.717, 1.165) is 64.2 Å². The van der Waals surface area contributed by atoms with E-state index in [0.29, 0.717) is 57.8 Å². The molecule has 0 aromatic heterocycles. The van der Waals surface area contributed by atoms with Crippen LogP contribution in [0.5, 0.6) is 0 Å². The van der Waals surface area contributed by atoms with Gasteiger partial charge in [0, 0.05) is 38.5 Å². The van der Waals surface area contributed by atoms with E-state index in [4.69, 9.17) is 0 Å². The molecule has 260 valence electrons. The van der Waals surface area contributed by atoms with Gasteiger partial charge in [0.1, 0.15) is 17.3 Å². The van der Waals surface area contributed by atoms with Gasteiger partial charge in [-0.1, -0.05) is 64.7 Å². The Balaban J connectivity index is 3.72. The van der Waals surface area contributed by atoms with Crippen LogP contribution in [0.4, 0.5) is 0 Å². The standard InChI is InChI=1S/C35H66O9/c1-3-4-8-15-28(37)23-29(38)16-9-5-10-17-30(39)24-31(40)18-11-6-12-19-32(41)25-33(42)20-13-7-14-21-34(43)26-35(44)22-27(2)36/h27-28,30,32,34-37,39,41,43-44H,3-26H2,1-2H3. The largest absolute Gasteiger partial charge is 0.393 e. The van der Waals surface area contributed by atoms with Crippen LogP contribution in [0.3, 0.4) is 0 Å². The summed E-state index contributed by atoms with van der Waals surface area (Å²) in [7, 11) is 0. The van der Waals surface area contributed by atoms with E-state index in [9.17, 15) is 45.0 Å². The molecule has 9 nitrogen and oxygen atoms in total. The van der Waals surface area contributed by atoms with Crippen LogP contribution in [0.15, 0.2) is 0 Å². The second-order valence-corrected chi connectivity index (χ2v) is 13.1. The van der Waals surface area contributed by atoms with E-state index < -0.39 is 36.6 Å².